The molecule has 0 unspecified atom stereocenters. The molecule has 0 aromatic heterocycles. The highest BCUT2D eigenvalue weighted by atomic mass is 79.9. The number of rotatable bonds is 4. The molecule has 6 nitrogen and oxygen atoms in total. The van der Waals surface area contributed by atoms with Gasteiger partial charge < -0.3 is 5.32 Å². The highest BCUT2D eigenvalue weighted by Gasteiger charge is 2.13. The summed E-state index contributed by atoms with van der Waals surface area (Å²) in [5.74, 6) is -1.62. The maximum Gasteiger partial charge on any atom is 0.270 e. The van der Waals surface area contributed by atoms with E-state index in [9.17, 15) is 14.4 Å². The lowest BCUT2D eigenvalue weighted by molar-refractivity contribution is -0.120. The molecule has 2 aromatic carbocycles. The number of nitrogens with one attached hydrogen (secondary N) is 3. The Kier molecular flexibility index (Phi) is 6.81. The maximum atomic E-state index is 12.0. The molecule has 25 heavy (non-hydrogen) atoms. The molecular weight excluding hydrogens is 433 g/mol. The summed E-state index contributed by atoms with van der Waals surface area (Å²) in [4.78, 5) is 35.6. The maximum absolute atomic E-state index is 12.0. The van der Waals surface area contributed by atoms with E-state index in [-0.39, 0.29) is 17.1 Å². The smallest absolute Gasteiger partial charge is 0.270 e. The molecule has 0 aliphatic heterocycles. The van der Waals surface area contributed by atoms with Crippen LogP contribution in [0.25, 0.3) is 0 Å². The Morgan fingerprint density at radius 1 is 0.920 bits per heavy atom. The largest absolute Gasteiger partial charge is 0.343 e. The zero-order chi connectivity index (χ0) is 18.4. The average Bonchev–Trinajstić information content (AvgIpc) is 2.58. The van der Waals surface area contributed by atoms with E-state index in [1.165, 1.54) is 18.2 Å². The second-order valence-electron chi connectivity index (χ2n) is 4.79. The summed E-state index contributed by atoms with van der Waals surface area (Å²) in [5.41, 5.74) is 5.02. The van der Waals surface area contributed by atoms with Crippen molar-refractivity contribution in [2.75, 3.05) is 6.54 Å². The fraction of sp³-hybridized carbons (Fsp3) is 0.0625. The predicted octanol–water partition coefficient (Wildman–Crippen LogP) is 2.95. The highest BCUT2D eigenvalue weighted by molar-refractivity contribution is 9.10. The number of benzene rings is 2. The third-order valence-electron chi connectivity index (χ3n) is 3.02. The van der Waals surface area contributed by atoms with Crippen molar-refractivity contribution in [2.24, 2.45) is 0 Å². The van der Waals surface area contributed by atoms with E-state index >= 15 is 0 Å². The molecule has 0 atom stereocenters. The van der Waals surface area contributed by atoms with Crippen LogP contribution in [0, 0.1) is 0 Å². The van der Waals surface area contributed by atoms with Crippen molar-refractivity contribution in [3.63, 3.8) is 0 Å². The minimum Gasteiger partial charge on any atom is -0.343 e. The van der Waals surface area contributed by atoms with Crippen LogP contribution in [-0.2, 0) is 4.79 Å². The standard InChI is InChI=1S/C16H12BrCl2N3O3/c17-12-4-2-1-3-10(12)16(25)22-21-14(23)8-20-15(24)11-6-5-9(18)7-13(11)19/h1-7H,8H2,(H,20,24)(H,21,23)(H,22,25). The first-order chi connectivity index (χ1) is 11.9. The fourth-order valence-electron chi connectivity index (χ4n) is 1.81. The quantitative estimate of drug-likeness (QED) is 0.633. The van der Waals surface area contributed by atoms with E-state index in [0.29, 0.717) is 15.1 Å². The van der Waals surface area contributed by atoms with Crippen molar-refractivity contribution >= 4 is 56.9 Å². The van der Waals surface area contributed by atoms with Gasteiger partial charge in [-0.2, -0.15) is 0 Å². The third-order valence-corrected chi connectivity index (χ3v) is 4.26. The van der Waals surface area contributed by atoms with Crippen LogP contribution in [0.1, 0.15) is 20.7 Å². The Balaban J connectivity index is 1.83. The Hall–Kier alpha value is -2.09. The van der Waals surface area contributed by atoms with Crippen LogP contribution in [0.5, 0.6) is 0 Å². The summed E-state index contributed by atoms with van der Waals surface area (Å²) in [5, 5.41) is 2.97. The number of hydrogen-bond acceptors (Lipinski definition) is 3. The van der Waals surface area contributed by atoms with Crippen molar-refractivity contribution in [1.82, 2.24) is 16.2 Å². The van der Waals surface area contributed by atoms with Crippen molar-refractivity contribution < 1.29 is 14.4 Å². The summed E-state index contributed by atoms with van der Waals surface area (Å²) in [6.07, 6.45) is 0. The SMILES string of the molecule is O=C(CNC(=O)c1ccc(Cl)cc1Cl)NNC(=O)c1ccccc1Br. The lowest BCUT2D eigenvalue weighted by atomic mass is 10.2. The zero-order valence-corrected chi connectivity index (χ0v) is 15.7. The second-order valence-corrected chi connectivity index (χ2v) is 6.49. The van der Waals surface area contributed by atoms with Gasteiger partial charge in [0.05, 0.1) is 22.7 Å². The molecule has 9 heteroatoms. The minimum atomic E-state index is -0.598. The second kappa shape index (κ2) is 8.84. The van der Waals surface area contributed by atoms with Crippen LogP contribution >= 0.6 is 39.1 Å². The first kappa shape index (κ1) is 19.2. The van der Waals surface area contributed by atoms with E-state index in [0.717, 1.165) is 0 Å². The summed E-state index contributed by atoms with van der Waals surface area (Å²) in [7, 11) is 0. The molecular formula is C16H12BrCl2N3O3. The molecule has 0 spiro atoms. The molecule has 0 bridgehead atoms. The Morgan fingerprint density at radius 3 is 2.32 bits per heavy atom. The van der Waals surface area contributed by atoms with Gasteiger partial charge in [-0.15, -0.1) is 0 Å². The monoisotopic (exact) mass is 443 g/mol. The topological polar surface area (TPSA) is 87.3 Å². The number of halogens is 3. The van der Waals surface area contributed by atoms with Gasteiger partial charge in [0, 0.05) is 9.50 Å². The number of carbonyl (C=O) groups excluding carboxylic acids is 3. The van der Waals surface area contributed by atoms with Crippen molar-refractivity contribution in [1.29, 1.82) is 0 Å². The Morgan fingerprint density at radius 2 is 1.64 bits per heavy atom. The summed E-state index contributed by atoms with van der Waals surface area (Å²) in [6.45, 7) is -0.339. The fourth-order valence-corrected chi connectivity index (χ4v) is 2.77. The van der Waals surface area contributed by atoms with E-state index < -0.39 is 17.7 Å². The van der Waals surface area contributed by atoms with E-state index in [4.69, 9.17) is 23.2 Å². The van der Waals surface area contributed by atoms with Crippen LogP contribution in [0.4, 0.5) is 0 Å². The van der Waals surface area contributed by atoms with Crippen molar-refractivity contribution in [3.05, 3.63) is 68.1 Å². The minimum absolute atomic E-state index is 0.174. The van der Waals surface area contributed by atoms with Gasteiger partial charge in [0.2, 0.25) is 0 Å². The van der Waals surface area contributed by atoms with Crippen LogP contribution in [0.3, 0.4) is 0 Å². The molecule has 0 saturated heterocycles. The van der Waals surface area contributed by atoms with Gasteiger partial charge in [-0.05, 0) is 46.3 Å². The van der Waals surface area contributed by atoms with Gasteiger partial charge in [0.1, 0.15) is 0 Å². The molecule has 0 saturated carbocycles. The molecule has 0 aliphatic rings. The molecule has 0 heterocycles. The van der Waals surface area contributed by atoms with Crippen LogP contribution in [0.2, 0.25) is 10.0 Å². The van der Waals surface area contributed by atoms with Gasteiger partial charge in [0.25, 0.3) is 17.7 Å². The lowest BCUT2D eigenvalue weighted by Gasteiger charge is -2.10. The predicted molar refractivity (Wildman–Crippen MR) is 98.5 cm³/mol. The van der Waals surface area contributed by atoms with Gasteiger partial charge in [-0.25, -0.2) is 0 Å². The number of amides is 3. The van der Waals surface area contributed by atoms with E-state index in [2.05, 4.69) is 32.1 Å². The summed E-state index contributed by atoms with van der Waals surface area (Å²) >= 11 is 14.9. The molecule has 0 radical (unpaired) electrons. The summed E-state index contributed by atoms with van der Waals surface area (Å²) < 4.78 is 0.590. The summed E-state index contributed by atoms with van der Waals surface area (Å²) in [6, 6.07) is 11.1. The molecule has 3 amide bonds. The zero-order valence-electron chi connectivity index (χ0n) is 12.6. The Bertz CT molecular complexity index is 830. The molecule has 0 aliphatic carbocycles. The van der Waals surface area contributed by atoms with Crippen molar-refractivity contribution in [3.8, 4) is 0 Å². The van der Waals surface area contributed by atoms with Gasteiger partial charge in [-0.1, -0.05) is 35.3 Å². The van der Waals surface area contributed by atoms with Gasteiger partial charge >= 0.3 is 0 Å². The van der Waals surface area contributed by atoms with Gasteiger partial charge in [0.15, 0.2) is 0 Å². The van der Waals surface area contributed by atoms with Crippen LogP contribution < -0.4 is 16.2 Å². The highest BCUT2D eigenvalue weighted by Crippen LogP contribution is 2.20. The van der Waals surface area contributed by atoms with Crippen LogP contribution in [0.15, 0.2) is 46.9 Å². The number of hydrazine groups is 1. The van der Waals surface area contributed by atoms with Gasteiger partial charge in [-0.3, -0.25) is 25.2 Å². The Labute approximate surface area is 162 Å². The van der Waals surface area contributed by atoms with E-state index in [1.54, 1.807) is 24.3 Å². The molecule has 3 N–H and O–H groups in total. The third kappa shape index (κ3) is 5.45. The first-order valence-corrected chi connectivity index (χ1v) is 8.50. The number of hydrogen-bond donors (Lipinski definition) is 3. The number of carbonyl (C=O) groups is 3. The first-order valence-electron chi connectivity index (χ1n) is 6.95. The molecule has 2 rings (SSSR count). The molecule has 130 valence electrons. The van der Waals surface area contributed by atoms with Crippen molar-refractivity contribution in [2.45, 2.75) is 0 Å². The van der Waals surface area contributed by atoms with Crippen LogP contribution in [-0.4, -0.2) is 24.3 Å². The normalized spacial score (nSPS) is 10.0. The lowest BCUT2D eigenvalue weighted by Crippen LogP contribution is -2.46. The van der Waals surface area contributed by atoms with E-state index in [1.807, 2.05) is 0 Å². The molecule has 0 fully saturated rings. The molecule has 2 aromatic rings. The average molecular weight is 445 g/mol.